The van der Waals surface area contributed by atoms with Crippen molar-refractivity contribution in [3.63, 3.8) is 0 Å². The SMILES string of the molecule is C#CCC(=O)CNCCC. The van der Waals surface area contributed by atoms with E-state index in [0.717, 1.165) is 13.0 Å². The maximum absolute atomic E-state index is 10.7. The number of hydrogen-bond acceptors (Lipinski definition) is 2. The first-order valence-electron chi connectivity index (χ1n) is 3.47. The quantitative estimate of drug-likeness (QED) is 0.446. The van der Waals surface area contributed by atoms with Gasteiger partial charge in [0.05, 0.1) is 13.0 Å². The fraction of sp³-hybridized carbons (Fsp3) is 0.625. The molecule has 0 fully saturated rings. The molecule has 0 bridgehead atoms. The molecule has 0 spiro atoms. The zero-order valence-electron chi connectivity index (χ0n) is 6.31. The van der Waals surface area contributed by atoms with Crippen LogP contribution in [-0.2, 0) is 4.79 Å². The van der Waals surface area contributed by atoms with Gasteiger partial charge in [0.15, 0.2) is 5.78 Å². The number of ketones is 1. The van der Waals surface area contributed by atoms with Crippen molar-refractivity contribution in [3.05, 3.63) is 0 Å². The molecule has 0 rings (SSSR count). The zero-order valence-corrected chi connectivity index (χ0v) is 6.31. The van der Waals surface area contributed by atoms with E-state index < -0.39 is 0 Å². The normalized spacial score (nSPS) is 8.80. The Balaban J connectivity index is 3.15. The molecule has 0 aromatic rings. The summed E-state index contributed by atoms with van der Waals surface area (Å²) in [6.07, 6.45) is 6.23. The molecule has 2 heteroatoms. The molecule has 0 saturated heterocycles. The molecule has 0 aliphatic carbocycles. The Morgan fingerprint density at radius 3 is 2.90 bits per heavy atom. The predicted molar refractivity (Wildman–Crippen MR) is 41.6 cm³/mol. The molecule has 0 saturated carbocycles. The highest BCUT2D eigenvalue weighted by molar-refractivity contribution is 5.82. The van der Waals surface area contributed by atoms with Gasteiger partial charge in [0, 0.05) is 0 Å². The molecule has 0 aliphatic rings. The van der Waals surface area contributed by atoms with Crippen molar-refractivity contribution < 1.29 is 4.79 Å². The molecule has 0 aromatic carbocycles. The lowest BCUT2D eigenvalue weighted by molar-refractivity contribution is -0.117. The van der Waals surface area contributed by atoms with Crippen molar-refractivity contribution in [1.29, 1.82) is 0 Å². The highest BCUT2D eigenvalue weighted by Crippen LogP contribution is 1.77. The number of nitrogens with one attached hydrogen (secondary N) is 1. The van der Waals surface area contributed by atoms with Crippen LogP contribution in [0, 0.1) is 12.3 Å². The summed E-state index contributed by atoms with van der Waals surface area (Å²) < 4.78 is 0. The molecule has 0 heterocycles. The van der Waals surface area contributed by atoms with E-state index in [1.54, 1.807) is 0 Å². The van der Waals surface area contributed by atoms with Crippen LogP contribution in [0.3, 0.4) is 0 Å². The second-order valence-electron chi connectivity index (χ2n) is 2.10. The monoisotopic (exact) mass is 139 g/mol. The van der Waals surface area contributed by atoms with Gasteiger partial charge in [-0.15, -0.1) is 6.42 Å². The Kier molecular flexibility index (Phi) is 5.80. The summed E-state index contributed by atoms with van der Waals surface area (Å²) >= 11 is 0. The van der Waals surface area contributed by atoms with Gasteiger partial charge in [0.25, 0.3) is 0 Å². The Hall–Kier alpha value is -0.810. The van der Waals surface area contributed by atoms with Crippen molar-refractivity contribution in [3.8, 4) is 12.3 Å². The summed E-state index contributed by atoms with van der Waals surface area (Å²) in [4.78, 5) is 10.7. The van der Waals surface area contributed by atoms with Crippen LogP contribution < -0.4 is 5.32 Å². The second kappa shape index (κ2) is 6.31. The van der Waals surface area contributed by atoms with Crippen LogP contribution >= 0.6 is 0 Å². The van der Waals surface area contributed by atoms with E-state index in [9.17, 15) is 4.79 Å². The standard InChI is InChI=1S/C8H13NO/c1-3-5-8(10)7-9-6-4-2/h1,9H,4-7H2,2H3. The number of hydrogen-bond donors (Lipinski definition) is 1. The van der Waals surface area contributed by atoms with Gasteiger partial charge in [-0.05, 0) is 13.0 Å². The summed E-state index contributed by atoms with van der Waals surface area (Å²) in [5, 5.41) is 2.97. The summed E-state index contributed by atoms with van der Waals surface area (Å²) in [5.74, 6) is 2.40. The maximum atomic E-state index is 10.7. The van der Waals surface area contributed by atoms with E-state index in [4.69, 9.17) is 6.42 Å². The summed E-state index contributed by atoms with van der Waals surface area (Å²) in [6, 6.07) is 0. The van der Waals surface area contributed by atoms with Gasteiger partial charge < -0.3 is 5.32 Å². The van der Waals surface area contributed by atoms with E-state index >= 15 is 0 Å². The topological polar surface area (TPSA) is 29.1 Å². The molecule has 1 N–H and O–H groups in total. The van der Waals surface area contributed by atoms with Crippen LogP contribution in [0.25, 0.3) is 0 Å². The van der Waals surface area contributed by atoms with Gasteiger partial charge in [-0.2, -0.15) is 0 Å². The predicted octanol–water partition coefficient (Wildman–Crippen LogP) is 0.578. The maximum Gasteiger partial charge on any atom is 0.158 e. The number of terminal acetylenes is 1. The van der Waals surface area contributed by atoms with Crippen molar-refractivity contribution in [1.82, 2.24) is 5.32 Å². The van der Waals surface area contributed by atoms with Gasteiger partial charge >= 0.3 is 0 Å². The summed E-state index contributed by atoms with van der Waals surface area (Å²) in [6.45, 7) is 3.35. The Labute approximate surface area is 62.0 Å². The minimum Gasteiger partial charge on any atom is -0.310 e. The van der Waals surface area contributed by atoms with E-state index in [-0.39, 0.29) is 12.2 Å². The number of rotatable bonds is 5. The first kappa shape index (κ1) is 9.19. The molecular formula is C8H13NO. The van der Waals surface area contributed by atoms with E-state index in [2.05, 4.69) is 18.2 Å². The van der Waals surface area contributed by atoms with Crippen LogP contribution in [-0.4, -0.2) is 18.9 Å². The van der Waals surface area contributed by atoms with Crippen LogP contribution in [0.15, 0.2) is 0 Å². The minimum atomic E-state index is 0.0935. The molecule has 0 aliphatic heterocycles. The van der Waals surface area contributed by atoms with E-state index in [0.29, 0.717) is 6.54 Å². The first-order valence-corrected chi connectivity index (χ1v) is 3.47. The van der Waals surface area contributed by atoms with Crippen LogP contribution in [0.5, 0.6) is 0 Å². The van der Waals surface area contributed by atoms with E-state index in [1.165, 1.54) is 0 Å². The number of carbonyl (C=O) groups excluding carboxylic acids is 1. The van der Waals surface area contributed by atoms with E-state index in [1.807, 2.05) is 0 Å². The molecule has 0 unspecified atom stereocenters. The Bertz CT molecular complexity index is 135. The fourth-order valence-electron chi connectivity index (χ4n) is 0.581. The number of carbonyl (C=O) groups is 1. The molecular weight excluding hydrogens is 126 g/mol. The molecule has 2 nitrogen and oxygen atoms in total. The van der Waals surface area contributed by atoms with Gasteiger partial charge in [0.1, 0.15) is 0 Å². The van der Waals surface area contributed by atoms with Crippen LogP contribution in [0.2, 0.25) is 0 Å². The largest absolute Gasteiger partial charge is 0.310 e. The first-order chi connectivity index (χ1) is 4.81. The van der Waals surface area contributed by atoms with Gasteiger partial charge in [-0.1, -0.05) is 12.8 Å². The third kappa shape index (κ3) is 5.33. The lowest BCUT2D eigenvalue weighted by Gasteiger charge is -1.97. The molecule has 0 atom stereocenters. The molecule has 0 radical (unpaired) electrons. The molecule has 0 aromatic heterocycles. The molecule has 10 heavy (non-hydrogen) atoms. The average Bonchev–Trinajstić information content (AvgIpc) is 1.89. The zero-order chi connectivity index (χ0) is 7.82. The van der Waals surface area contributed by atoms with Crippen LogP contribution in [0.4, 0.5) is 0 Å². The van der Waals surface area contributed by atoms with Crippen molar-refractivity contribution in [2.45, 2.75) is 19.8 Å². The third-order valence-electron chi connectivity index (χ3n) is 1.05. The van der Waals surface area contributed by atoms with Crippen molar-refractivity contribution >= 4 is 5.78 Å². The van der Waals surface area contributed by atoms with Crippen molar-refractivity contribution in [2.24, 2.45) is 0 Å². The second-order valence-corrected chi connectivity index (χ2v) is 2.10. The van der Waals surface area contributed by atoms with Crippen molar-refractivity contribution in [2.75, 3.05) is 13.1 Å². The summed E-state index contributed by atoms with van der Waals surface area (Å²) in [7, 11) is 0. The lowest BCUT2D eigenvalue weighted by atomic mass is 10.3. The van der Waals surface area contributed by atoms with Gasteiger partial charge in [-0.25, -0.2) is 0 Å². The lowest BCUT2D eigenvalue weighted by Crippen LogP contribution is -2.22. The average molecular weight is 139 g/mol. The Morgan fingerprint density at radius 1 is 1.70 bits per heavy atom. The molecule has 0 amide bonds. The highest BCUT2D eigenvalue weighted by atomic mass is 16.1. The third-order valence-corrected chi connectivity index (χ3v) is 1.05. The number of Topliss-reactive ketones (excluding diaryl/α,β-unsaturated/α-hetero) is 1. The highest BCUT2D eigenvalue weighted by Gasteiger charge is 1.95. The molecule has 56 valence electrons. The van der Waals surface area contributed by atoms with Gasteiger partial charge in [-0.3, -0.25) is 4.79 Å². The fourth-order valence-corrected chi connectivity index (χ4v) is 0.581. The van der Waals surface area contributed by atoms with Crippen LogP contribution in [0.1, 0.15) is 19.8 Å². The van der Waals surface area contributed by atoms with Gasteiger partial charge in [0.2, 0.25) is 0 Å². The Morgan fingerprint density at radius 2 is 2.40 bits per heavy atom. The summed E-state index contributed by atoms with van der Waals surface area (Å²) in [5.41, 5.74) is 0. The smallest absolute Gasteiger partial charge is 0.158 e. The minimum absolute atomic E-state index is 0.0935.